The largest absolute Gasteiger partial charge is 0.508 e. The second-order valence-electron chi connectivity index (χ2n) is 5.81. The van der Waals surface area contributed by atoms with Crippen molar-refractivity contribution in [3.63, 3.8) is 0 Å². The Hall–Kier alpha value is -3.59. The van der Waals surface area contributed by atoms with Gasteiger partial charge in [-0.25, -0.2) is 8.42 Å². The van der Waals surface area contributed by atoms with E-state index in [1.54, 1.807) is 18.2 Å². The summed E-state index contributed by atoms with van der Waals surface area (Å²) < 4.78 is 30.1. The first-order valence-electron chi connectivity index (χ1n) is 8.11. The Bertz CT molecular complexity index is 1110. The number of aromatic hydroxyl groups is 1. The predicted octanol–water partition coefficient (Wildman–Crippen LogP) is 2.03. The van der Waals surface area contributed by atoms with Gasteiger partial charge in [-0.05, 0) is 36.4 Å². The number of carbonyl (C=O) groups excluding carboxylic acids is 2. The molecule has 1 aromatic heterocycles. The minimum Gasteiger partial charge on any atom is -0.508 e. The van der Waals surface area contributed by atoms with Crippen molar-refractivity contribution in [2.24, 2.45) is 0 Å². The number of furan rings is 1. The van der Waals surface area contributed by atoms with Gasteiger partial charge in [0.1, 0.15) is 5.75 Å². The molecule has 144 valence electrons. The maximum atomic E-state index is 12.5. The van der Waals surface area contributed by atoms with Gasteiger partial charge >= 0.3 is 5.91 Å². The third kappa shape index (κ3) is 4.38. The molecule has 2 amide bonds. The van der Waals surface area contributed by atoms with Gasteiger partial charge in [0.15, 0.2) is 15.6 Å². The second-order valence-corrected chi connectivity index (χ2v) is 7.80. The molecule has 0 fully saturated rings. The third-order valence-electron chi connectivity index (χ3n) is 3.80. The molecule has 0 spiro atoms. The molecule has 0 aliphatic heterocycles. The van der Waals surface area contributed by atoms with Gasteiger partial charge in [-0.2, -0.15) is 0 Å². The zero-order chi connectivity index (χ0) is 20.1. The van der Waals surface area contributed by atoms with Crippen LogP contribution in [-0.2, 0) is 15.6 Å². The standard InChI is InChI=1S/C19H16N2O6S/c22-15-6-4-5-13(11-15)18(23)20-21-19(24)17-14(9-10-27-17)12-28(25,26)16-7-2-1-3-8-16/h1-11,22H,12H2,(H,20,23)(H,21,24). The van der Waals surface area contributed by atoms with E-state index in [1.807, 2.05) is 0 Å². The maximum absolute atomic E-state index is 12.5. The number of phenolic OH excluding ortho intramolecular Hbond substituents is 1. The molecule has 3 N–H and O–H groups in total. The van der Waals surface area contributed by atoms with Crippen LogP contribution in [0, 0.1) is 0 Å². The van der Waals surface area contributed by atoms with Gasteiger partial charge < -0.3 is 9.52 Å². The molecule has 28 heavy (non-hydrogen) atoms. The van der Waals surface area contributed by atoms with Crippen LogP contribution < -0.4 is 10.9 Å². The summed E-state index contributed by atoms with van der Waals surface area (Å²) in [6, 6.07) is 14.8. The molecule has 8 nitrogen and oxygen atoms in total. The average molecular weight is 400 g/mol. The minimum absolute atomic E-state index is 0.0987. The number of hydrogen-bond acceptors (Lipinski definition) is 6. The molecule has 3 rings (SSSR count). The number of carbonyl (C=O) groups is 2. The summed E-state index contributed by atoms with van der Waals surface area (Å²) in [7, 11) is -3.67. The van der Waals surface area contributed by atoms with Crippen molar-refractivity contribution in [2.45, 2.75) is 10.6 Å². The molecule has 1 heterocycles. The van der Waals surface area contributed by atoms with Crippen molar-refractivity contribution in [2.75, 3.05) is 0 Å². The van der Waals surface area contributed by atoms with Crippen LogP contribution in [-0.4, -0.2) is 25.3 Å². The lowest BCUT2D eigenvalue weighted by Gasteiger charge is -2.08. The van der Waals surface area contributed by atoms with Crippen molar-refractivity contribution in [3.05, 3.63) is 83.8 Å². The van der Waals surface area contributed by atoms with Crippen molar-refractivity contribution in [1.29, 1.82) is 0 Å². The summed E-state index contributed by atoms with van der Waals surface area (Å²) in [4.78, 5) is 24.4. The zero-order valence-electron chi connectivity index (χ0n) is 14.5. The minimum atomic E-state index is -3.67. The number of sulfone groups is 1. The first-order chi connectivity index (χ1) is 13.4. The average Bonchev–Trinajstić information content (AvgIpc) is 3.14. The maximum Gasteiger partial charge on any atom is 0.305 e. The lowest BCUT2D eigenvalue weighted by Crippen LogP contribution is -2.41. The highest BCUT2D eigenvalue weighted by molar-refractivity contribution is 7.90. The van der Waals surface area contributed by atoms with Gasteiger partial charge in [-0.3, -0.25) is 20.4 Å². The fourth-order valence-electron chi connectivity index (χ4n) is 2.45. The van der Waals surface area contributed by atoms with Crippen LogP contribution in [0.1, 0.15) is 26.5 Å². The van der Waals surface area contributed by atoms with E-state index in [2.05, 4.69) is 10.9 Å². The molecule has 0 aliphatic rings. The summed E-state index contributed by atoms with van der Waals surface area (Å²) in [5, 5.41) is 9.39. The summed E-state index contributed by atoms with van der Waals surface area (Å²) in [5.41, 5.74) is 4.63. The van der Waals surface area contributed by atoms with E-state index in [-0.39, 0.29) is 27.5 Å². The Morgan fingerprint density at radius 1 is 0.929 bits per heavy atom. The monoisotopic (exact) mass is 400 g/mol. The number of amides is 2. The van der Waals surface area contributed by atoms with Crippen molar-refractivity contribution in [3.8, 4) is 5.75 Å². The summed E-state index contributed by atoms with van der Waals surface area (Å²) >= 11 is 0. The number of hydrogen-bond donors (Lipinski definition) is 3. The van der Waals surface area contributed by atoms with Crippen LogP contribution in [0.3, 0.4) is 0 Å². The van der Waals surface area contributed by atoms with E-state index in [0.29, 0.717) is 0 Å². The Labute approximate surface area is 160 Å². The predicted molar refractivity (Wildman–Crippen MR) is 99.1 cm³/mol. The van der Waals surface area contributed by atoms with E-state index in [4.69, 9.17) is 4.42 Å². The van der Waals surface area contributed by atoms with E-state index in [1.165, 1.54) is 48.7 Å². The number of phenols is 1. The summed E-state index contributed by atoms with van der Waals surface area (Å²) in [5.74, 6) is -2.23. The quantitative estimate of drug-likeness (QED) is 0.563. The number of hydrazine groups is 1. The number of rotatable bonds is 5. The van der Waals surface area contributed by atoms with Gasteiger partial charge in [0.25, 0.3) is 5.91 Å². The van der Waals surface area contributed by atoms with E-state index in [0.717, 1.165) is 0 Å². The Balaban J connectivity index is 1.69. The van der Waals surface area contributed by atoms with Crippen molar-refractivity contribution in [1.82, 2.24) is 10.9 Å². The molecule has 9 heteroatoms. The van der Waals surface area contributed by atoms with Gasteiger partial charge in [0, 0.05) is 11.1 Å². The molecule has 0 aliphatic carbocycles. The summed E-state index contributed by atoms with van der Waals surface area (Å²) in [6.45, 7) is 0. The van der Waals surface area contributed by atoms with Crippen LogP contribution >= 0.6 is 0 Å². The van der Waals surface area contributed by atoms with E-state index in [9.17, 15) is 23.1 Å². The SMILES string of the molecule is O=C(NNC(=O)c1occc1CS(=O)(=O)c1ccccc1)c1cccc(O)c1. The smallest absolute Gasteiger partial charge is 0.305 e. The van der Waals surface area contributed by atoms with Crippen LogP contribution in [0.5, 0.6) is 5.75 Å². The Morgan fingerprint density at radius 2 is 1.64 bits per heavy atom. The molecular weight excluding hydrogens is 384 g/mol. The molecule has 0 atom stereocenters. The lowest BCUT2D eigenvalue weighted by molar-refractivity contribution is 0.0830. The van der Waals surface area contributed by atoms with Crippen molar-refractivity contribution < 1.29 is 27.5 Å². The number of benzene rings is 2. The molecule has 0 saturated carbocycles. The van der Waals surface area contributed by atoms with Crippen LogP contribution in [0.4, 0.5) is 0 Å². The fourth-order valence-corrected chi connectivity index (χ4v) is 3.83. The van der Waals surface area contributed by atoms with Gasteiger partial charge in [-0.1, -0.05) is 24.3 Å². The molecule has 0 saturated heterocycles. The first kappa shape index (κ1) is 19.2. The molecule has 0 radical (unpaired) electrons. The van der Waals surface area contributed by atoms with Crippen molar-refractivity contribution >= 4 is 21.7 Å². The highest BCUT2D eigenvalue weighted by Crippen LogP contribution is 2.19. The van der Waals surface area contributed by atoms with Gasteiger partial charge in [0.2, 0.25) is 0 Å². The third-order valence-corrected chi connectivity index (χ3v) is 5.48. The van der Waals surface area contributed by atoms with E-state index >= 15 is 0 Å². The molecule has 2 aromatic carbocycles. The zero-order valence-corrected chi connectivity index (χ0v) is 15.3. The van der Waals surface area contributed by atoms with E-state index < -0.39 is 27.4 Å². The van der Waals surface area contributed by atoms with Gasteiger partial charge in [0.05, 0.1) is 16.9 Å². The Kier molecular flexibility index (Phi) is 5.46. The van der Waals surface area contributed by atoms with Crippen LogP contribution in [0.15, 0.2) is 76.2 Å². The number of nitrogens with one attached hydrogen (secondary N) is 2. The summed E-state index contributed by atoms with van der Waals surface area (Å²) in [6.07, 6.45) is 1.20. The second kappa shape index (κ2) is 7.97. The molecule has 0 bridgehead atoms. The molecule has 0 unspecified atom stereocenters. The highest BCUT2D eigenvalue weighted by atomic mass is 32.2. The normalized spacial score (nSPS) is 11.0. The topological polar surface area (TPSA) is 126 Å². The Morgan fingerprint density at radius 3 is 2.36 bits per heavy atom. The van der Waals surface area contributed by atoms with Crippen LogP contribution in [0.25, 0.3) is 0 Å². The lowest BCUT2D eigenvalue weighted by atomic mass is 10.2. The fraction of sp³-hybridized carbons (Fsp3) is 0.0526. The highest BCUT2D eigenvalue weighted by Gasteiger charge is 2.22. The van der Waals surface area contributed by atoms with Gasteiger partial charge in [-0.15, -0.1) is 0 Å². The molecule has 3 aromatic rings. The first-order valence-corrected chi connectivity index (χ1v) is 9.76. The van der Waals surface area contributed by atoms with Crippen LogP contribution in [0.2, 0.25) is 0 Å². The molecular formula is C19H16N2O6S.